The minimum Gasteiger partial charge on any atom is -0.339 e. The Bertz CT molecular complexity index is 478. The lowest BCUT2D eigenvalue weighted by Gasteiger charge is -2.15. The van der Waals surface area contributed by atoms with Crippen LogP contribution in [0, 0.1) is 0 Å². The van der Waals surface area contributed by atoms with Crippen molar-refractivity contribution in [3.05, 3.63) is 29.8 Å². The molecule has 1 saturated heterocycles. The van der Waals surface area contributed by atoms with Crippen molar-refractivity contribution < 1.29 is 9.59 Å². The zero-order chi connectivity index (χ0) is 14.5. The van der Waals surface area contributed by atoms with Gasteiger partial charge in [-0.2, -0.15) is 0 Å². The molecule has 0 unspecified atom stereocenters. The van der Waals surface area contributed by atoms with E-state index in [1.54, 1.807) is 24.3 Å². The number of benzene rings is 1. The topological polar surface area (TPSA) is 75.4 Å². The fourth-order valence-electron chi connectivity index (χ4n) is 2.22. The molecule has 108 valence electrons. The van der Waals surface area contributed by atoms with Crippen molar-refractivity contribution in [1.82, 2.24) is 4.90 Å². The number of anilines is 1. The zero-order valence-corrected chi connectivity index (χ0v) is 11.8. The summed E-state index contributed by atoms with van der Waals surface area (Å²) in [6.45, 7) is 3.54. The third kappa shape index (κ3) is 3.36. The van der Waals surface area contributed by atoms with E-state index in [0.29, 0.717) is 17.7 Å². The molecular weight excluding hydrogens is 254 g/mol. The van der Waals surface area contributed by atoms with E-state index in [1.807, 2.05) is 11.8 Å². The number of likely N-dealkylation sites (tertiary alicyclic amines) is 1. The number of carbonyl (C=O) groups is 2. The molecule has 2 amide bonds. The molecule has 1 aliphatic rings. The van der Waals surface area contributed by atoms with E-state index in [-0.39, 0.29) is 11.8 Å². The van der Waals surface area contributed by atoms with Crippen molar-refractivity contribution >= 4 is 17.5 Å². The molecule has 1 heterocycles. The smallest absolute Gasteiger partial charge is 0.253 e. The molecule has 0 bridgehead atoms. The summed E-state index contributed by atoms with van der Waals surface area (Å²) < 4.78 is 0. The van der Waals surface area contributed by atoms with Crippen LogP contribution in [0.15, 0.2) is 24.3 Å². The van der Waals surface area contributed by atoms with E-state index < -0.39 is 6.04 Å². The molecule has 20 heavy (non-hydrogen) atoms. The maximum Gasteiger partial charge on any atom is 0.253 e. The molecule has 1 fully saturated rings. The molecule has 1 atom stereocenters. The molecule has 0 radical (unpaired) electrons. The number of nitrogens with two attached hydrogens (primary N) is 1. The summed E-state index contributed by atoms with van der Waals surface area (Å²) in [5.41, 5.74) is 6.97. The third-order valence-electron chi connectivity index (χ3n) is 3.57. The Morgan fingerprint density at radius 1 is 1.25 bits per heavy atom. The highest BCUT2D eigenvalue weighted by Gasteiger charge is 2.19. The average Bonchev–Trinajstić information content (AvgIpc) is 3.00. The number of carbonyl (C=O) groups excluding carboxylic acids is 2. The second-order valence-electron chi connectivity index (χ2n) is 5.08. The number of nitrogens with zero attached hydrogens (tertiary/aromatic N) is 1. The monoisotopic (exact) mass is 275 g/mol. The van der Waals surface area contributed by atoms with Gasteiger partial charge in [-0.25, -0.2) is 0 Å². The van der Waals surface area contributed by atoms with Crippen molar-refractivity contribution in [3.8, 4) is 0 Å². The van der Waals surface area contributed by atoms with Crippen LogP contribution in [0.5, 0.6) is 0 Å². The first-order chi connectivity index (χ1) is 9.61. The SMILES string of the molecule is CC[C@@H](N)C(=O)Nc1ccc(C(=O)N2CCCC2)cc1. The van der Waals surface area contributed by atoms with Gasteiger partial charge in [-0.1, -0.05) is 6.92 Å². The number of rotatable bonds is 4. The lowest BCUT2D eigenvalue weighted by molar-refractivity contribution is -0.117. The first kappa shape index (κ1) is 14.5. The Kier molecular flexibility index (Phi) is 4.74. The van der Waals surface area contributed by atoms with E-state index in [2.05, 4.69) is 5.32 Å². The van der Waals surface area contributed by atoms with Gasteiger partial charge < -0.3 is 16.0 Å². The normalized spacial score (nSPS) is 16.0. The standard InChI is InChI=1S/C15H21N3O2/c1-2-13(16)14(19)17-12-7-5-11(6-8-12)15(20)18-9-3-4-10-18/h5-8,13H,2-4,9-10,16H2,1H3,(H,17,19)/t13-/m1/s1. The molecule has 2 rings (SSSR count). The molecule has 1 aliphatic heterocycles. The highest BCUT2D eigenvalue weighted by molar-refractivity contribution is 5.97. The van der Waals surface area contributed by atoms with Crippen LogP contribution < -0.4 is 11.1 Å². The summed E-state index contributed by atoms with van der Waals surface area (Å²) in [7, 11) is 0. The minimum absolute atomic E-state index is 0.0608. The molecule has 5 heteroatoms. The van der Waals surface area contributed by atoms with E-state index in [9.17, 15) is 9.59 Å². The van der Waals surface area contributed by atoms with E-state index in [4.69, 9.17) is 5.73 Å². The highest BCUT2D eigenvalue weighted by Crippen LogP contribution is 2.15. The van der Waals surface area contributed by atoms with Gasteiger partial charge in [0.1, 0.15) is 0 Å². The van der Waals surface area contributed by atoms with Crippen LogP contribution in [0.25, 0.3) is 0 Å². The lowest BCUT2D eigenvalue weighted by atomic mass is 10.1. The molecular formula is C15H21N3O2. The molecule has 1 aromatic carbocycles. The van der Waals surface area contributed by atoms with Gasteiger partial charge in [0, 0.05) is 24.3 Å². The van der Waals surface area contributed by atoms with Gasteiger partial charge in [0.05, 0.1) is 6.04 Å². The third-order valence-corrected chi connectivity index (χ3v) is 3.57. The Labute approximate surface area is 119 Å². The van der Waals surface area contributed by atoms with Gasteiger partial charge in [0.25, 0.3) is 5.91 Å². The minimum atomic E-state index is -0.499. The quantitative estimate of drug-likeness (QED) is 0.876. The van der Waals surface area contributed by atoms with Gasteiger partial charge in [0.2, 0.25) is 5.91 Å². The summed E-state index contributed by atoms with van der Waals surface area (Å²) in [6.07, 6.45) is 2.75. The molecule has 1 aromatic rings. The Balaban J connectivity index is 1.99. The van der Waals surface area contributed by atoms with Crippen LogP contribution in [-0.2, 0) is 4.79 Å². The summed E-state index contributed by atoms with van der Waals surface area (Å²) in [6, 6.07) is 6.47. The van der Waals surface area contributed by atoms with E-state index in [1.165, 1.54) is 0 Å². The molecule has 0 saturated carbocycles. The maximum absolute atomic E-state index is 12.2. The molecule has 0 aromatic heterocycles. The molecule has 0 aliphatic carbocycles. The predicted octanol–water partition coefficient (Wildman–Crippen LogP) is 1.60. The number of nitrogens with one attached hydrogen (secondary N) is 1. The Hall–Kier alpha value is -1.88. The van der Waals surface area contributed by atoms with Gasteiger partial charge in [-0.05, 0) is 43.5 Å². The molecule has 0 spiro atoms. The summed E-state index contributed by atoms with van der Waals surface area (Å²) in [4.78, 5) is 25.7. The summed E-state index contributed by atoms with van der Waals surface area (Å²) >= 11 is 0. The zero-order valence-electron chi connectivity index (χ0n) is 11.8. The first-order valence-electron chi connectivity index (χ1n) is 7.07. The Morgan fingerprint density at radius 2 is 1.85 bits per heavy atom. The fourth-order valence-corrected chi connectivity index (χ4v) is 2.22. The summed E-state index contributed by atoms with van der Waals surface area (Å²) in [5, 5.41) is 2.74. The largest absolute Gasteiger partial charge is 0.339 e. The second-order valence-corrected chi connectivity index (χ2v) is 5.08. The van der Waals surface area contributed by atoms with Crippen LogP contribution in [0.2, 0.25) is 0 Å². The van der Waals surface area contributed by atoms with Crippen molar-refractivity contribution in [1.29, 1.82) is 0 Å². The van der Waals surface area contributed by atoms with E-state index in [0.717, 1.165) is 25.9 Å². The average molecular weight is 275 g/mol. The molecule has 3 N–H and O–H groups in total. The maximum atomic E-state index is 12.2. The van der Waals surface area contributed by atoms with Crippen LogP contribution in [0.3, 0.4) is 0 Å². The Morgan fingerprint density at radius 3 is 2.40 bits per heavy atom. The number of hydrogen-bond acceptors (Lipinski definition) is 3. The van der Waals surface area contributed by atoms with Crippen LogP contribution >= 0.6 is 0 Å². The predicted molar refractivity (Wildman–Crippen MR) is 78.5 cm³/mol. The van der Waals surface area contributed by atoms with Crippen LogP contribution in [0.1, 0.15) is 36.5 Å². The van der Waals surface area contributed by atoms with Crippen molar-refractivity contribution in [2.24, 2.45) is 5.73 Å². The summed E-state index contributed by atoms with van der Waals surface area (Å²) in [5.74, 6) is -0.142. The highest BCUT2D eigenvalue weighted by atomic mass is 16.2. The molecule has 5 nitrogen and oxygen atoms in total. The van der Waals surface area contributed by atoms with Crippen molar-refractivity contribution in [2.45, 2.75) is 32.2 Å². The second kappa shape index (κ2) is 6.52. The van der Waals surface area contributed by atoms with E-state index >= 15 is 0 Å². The lowest BCUT2D eigenvalue weighted by Crippen LogP contribution is -2.34. The van der Waals surface area contributed by atoms with Crippen LogP contribution in [-0.4, -0.2) is 35.8 Å². The van der Waals surface area contributed by atoms with Gasteiger partial charge in [-0.3, -0.25) is 9.59 Å². The van der Waals surface area contributed by atoms with Crippen molar-refractivity contribution in [3.63, 3.8) is 0 Å². The van der Waals surface area contributed by atoms with Gasteiger partial charge in [-0.15, -0.1) is 0 Å². The van der Waals surface area contributed by atoms with Crippen molar-refractivity contribution in [2.75, 3.05) is 18.4 Å². The van der Waals surface area contributed by atoms with Crippen LogP contribution in [0.4, 0.5) is 5.69 Å². The first-order valence-corrected chi connectivity index (χ1v) is 7.07. The number of amides is 2. The van der Waals surface area contributed by atoms with Gasteiger partial charge >= 0.3 is 0 Å². The fraction of sp³-hybridized carbons (Fsp3) is 0.467. The number of hydrogen-bond donors (Lipinski definition) is 2. The van der Waals surface area contributed by atoms with Gasteiger partial charge in [0.15, 0.2) is 0 Å².